The van der Waals surface area contributed by atoms with E-state index in [1.54, 1.807) is 0 Å². The first-order chi connectivity index (χ1) is 8.06. The van der Waals surface area contributed by atoms with E-state index in [4.69, 9.17) is 22.1 Å². The van der Waals surface area contributed by atoms with Crippen LogP contribution in [0.4, 0.5) is 14.5 Å². The number of anilines is 1. The van der Waals surface area contributed by atoms with Crippen LogP contribution in [-0.2, 0) is 0 Å². The summed E-state index contributed by atoms with van der Waals surface area (Å²) < 4.78 is 31.4. The number of ether oxygens (including phenoxy) is 1. The van der Waals surface area contributed by atoms with Crippen molar-refractivity contribution in [1.82, 2.24) is 0 Å². The number of rotatable bonds is 2. The molecule has 0 saturated carbocycles. The molecule has 0 unspecified atom stereocenters. The Morgan fingerprint density at radius 1 is 1.00 bits per heavy atom. The van der Waals surface area contributed by atoms with Gasteiger partial charge in [0.2, 0.25) is 0 Å². The molecule has 0 aliphatic rings. The fourth-order valence-electron chi connectivity index (χ4n) is 1.28. The predicted molar refractivity (Wildman–Crippen MR) is 62.3 cm³/mol. The largest absolute Gasteiger partial charge is 0.453 e. The van der Waals surface area contributed by atoms with Gasteiger partial charge in [-0.2, -0.15) is 0 Å². The molecule has 2 nitrogen and oxygen atoms in total. The highest BCUT2D eigenvalue weighted by molar-refractivity contribution is 6.32. The van der Waals surface area contributed by atoms with Crippen LogP contribution in [0.15, 0.2) is 36.4 Å². The van der Waals surface area contributed by atoms with Gasteiger partial charge in [0.25, 0.3) is 0 Å². The quantitative estimate of drug-likeness (QED) is 0.824. The summed E-state index contributed by atoms with van der Waals surface area (Å²) >= 11 is 5.75. The van der Waals surface area contributed by atoms with Crippen LogP contribution in [0, 0.1) is 11.6 Å². The van der Waals surface area contributed by atoms with Gasteiger partial charge in [-0.3, -0.25) is 0 Å². The summed E-state index contributed by atoms with van der Waals surface area (Å²) in [5.41, 5.74) is 5.69. The number of halogens is 3. The maximum Gasteiger partial charge on any atom is 0.167 e. The molecule has 0 bridgehead atoms. The van der Waals surface area contributed by atoms with Crippen LogP contribution in [0.3, 0.4) is 0 Å². The number of nitrogens with two attached hydrogens (primary N) is 1. The average Bonchev–Trinajstić information content (AvgIpc) is 2.25. The summed E-state index contributed by atoms with van der Waals surface area (Å²) in [6, 6.07) is 7.60. The molecule has 0 aliphatic carbocycles. The maximum atomic E-state index is 13.4. The highest BCUT2D eigenvalue weighted by Crippen LogP contribution is 2.31. The summed E-state index contributed by atoms with van der Waals surface area (Å²) in [7, 11) is 0. The lowest BCUT2D eigenvalue weighted by Gasteiger charge is -2.08. The molecule has 2 aromatic rings. The van der Waals surface area contributed by atoms with Gasteiger partial charge in [0.05, 0.1) is 5.02 Å². The van der Waals surface area contributed by atoms with Gasteiger partial charge in [-0.05, 0) is 30.3 Å². The fraction of sp³-hybridized carbons (Fsp3) is 0. The van der Waals surface area contributed by atoms with Crippen molar-refractivity contribution in [1.29, 1.82) is 0 Å². The number of hydrogen-bond donors (Lipinski definition) is 1. The standard InChI is InChI=1S/C12H8ClF2NO/c13-9-5-7(14)1-3-11(9)17-12-4-2-8(16)6-10(12)15/h1-6H,16H2. The third-order valence-corrected chi connectivity index (χ3v) is 2.37. The first-order valence-corrected chi connectivity index (χ1v) is 5.12. The van der Waals surface area contributed by atoms with E-state index in [0.717, 1.165) is 12.1 Å². The van der Waals surface area contributed by atoms with Crippen LogP contribution in [0.25, 0.3) is 0 Å². The van der Waals surface area contributed by atoms with Gasteiger partial charge in [0.15, 0.2) is 11.6 Å². The van der Waals surface area contributed by atoms with Gasteiger partial charge >= 0.3 is 0 Å². The third kappa shape index (κ3) is 2.65. The van der Waals surface area contributed by atoms with Crippen molar-refractivity contribution >= 4 is 17.3 Å². The summed E-state index contributed by atoms with van der Waals surface area (Å²) in [6.45, 7) is 0. The second kappa shape index (κ2) is 4.59. The molecule has 0 heterocycles. The van der Waals surface area contributed by atoms with Gasteiger partial charge < -0.3 is 10.5 Å². The molecule has 2 rings (SSSR count). The minimum atomic E-state index is -0.606. The molecule has 2 N–H and O–H groups in total. The maximum absolute atomic E-state index is 13.4. The minimum Gasteiger partial charge on any atom is -0.453 e. The molecule has 0 saturated heterocycles. The summed E-state index contributed by atoms with van der Waals surface area (Å²) in [6.07, 6.45) is 0. The predicted octanol–water partition coefficient (Wildman–Crippen LogP) is 3.99. The monoisotopic (exact) mass is 255 g/mol. The third-order valence-electron chi connectivity index (χ3n) is 2.07. The van der Waals surface area contributed by atoms with Crippen molar-refractivity contribution in [2.75, 3.05) is 5.73 Å². The van der Waals surface area contributed by atoms with Gasteiger partial charge in [0.1, 0.15) is 11.6 Å². The fourth-order valence-corrected chi connectivity index (χ4v) is 1.48. The first kappa shape index (κ1) is 11.7. The lowest BCUT2D eigenvalue weighted by molar-refractivity contribution is 0.441. The Hall–Kier alpha value is -1.81. The summed E-state index contributed by atoms with van der Waals surface area (Å²) in [5, 5.41) is 0.0706. The molecule has 0 radical (unpaired) electrons. The van der Waals surface area contributed by atoms with E-state index in [1.165, 1.54) is 24.3 Å². The Kier molecular flexibility index (Phi) is 3.15. The van der Waals surface area contributed by atoms with E-state index in [0.29, 0.717) is 5.69 Å². The highest BCUT2D eigenvalue weighted by Gasteiger charge is 2.08. The van der Waals surface area contributed by atoms with Gasteiger partial charge in [-0.25, -0.2) is 8.78 Å². The second-order valence-electron chi connectivity index (χ2n) is 3.37. The van der Waals surface area contributed by atoms with E-state index in [9.17, 15) is 8.78 Å². The number of benzene rings is 2. The molecule has 0 spiro atoms. The zero-order valence-corrected chi connectivity index (χ0v) is 9.34. The Labute approximate surface area is 102 Å². The molecule has 0 fully saturated rings. The van der Waals surface area contributed by atoms with Crippen LogP contribution in [0.5, 0.6) is 11.5 Å². The minimum absolute atomic E-state index is 0.0206. The van der Waals surface area contributed by atoms with Crippen molar-refractivity contribution in [3.8, 4) is 11.5 Å². The Balaban J connectivity index is 2.31. The molecule has 0 aromatic heterocycles. The van der Waals surface area contributed by atoms with Gasteiger partial charge in [0, 0.05) is 11.8 Å². The molecule has 5 heteroatoms. The van der Waals surface area contributed by atoms with Crippen LogP contribution in [0.1, 0.15) is 0 Å². The van der Waals surface area contributed by atoms with Gasteiger partial charge in [-0.15, -0.1) is 0 Å². The highest BCUT2D eigenvalue weighted by atomic mass is 35.5. The van der Waals surface area contributed by atoms with E-state index in [2.05, 4.69) is 0 Å². The van der Waals surface area contributed by atoms with Crippen molar-refractivity contribution in [2.24, 2.45) is 0 Å². The molecular weight excluding hydrogens is 248 g/mol. The average molecular weight is 256 g/mol. The topological polar surface area (TPSA) is 35.2 Å². The smallest absolute Gasteiger partial charge is 0.167 e. The van der Waals surface area contributed by atoms with Crippen molar-refractivity contribution in [3.05, 3.63) is 53.1 Å². The zero-order chi connectivity index (χ0) is 12.4. The van der Waals surface area contributed by atoms with Crippen LogP contribution in [0.2, 0.25) is 5.02 Å². The number of nitrogen functional groups attached to an aromatic ring is 1. The molecule has 0 atom stereocenters. The van der Waals surface area contributed by atoms with Crippen LogP contribution >= 0.6 is 11.6 Å². The second-order valence-corrected chi connectivity index (χ2v) is 3.77. The molecule has 2 aromatic carbocycles. The Bertz CT molecular complexity index is 511. The lowest BCUT2D eigenvalue weighted by atomic mass is 10.3. The molecule has 0 amide bonds. The SMILES string of the molecule is Nc1ccc(Oc2ccc(F)cc2Cl)c(F)c1. The van der Waals surface area contributed by atoms with Crippen molar-refractivity contribution in [2.45, 2.75) is 0 Å². The van der Waals surface area contributed by atoms with E-state index < -0.39 is 11.6 Å². The Morgan fingerprint density at radius 3 is 2.35 bits per heavy atom. The molecular formula is C12H8ClF2NO. The molecule has 0 aliphatic heterocycles. The normalized spacial score (nSPS) is 10.3. The van der Waals surface area contributed by atoms with E-state index in [-0.39, 0.29) is 16.5 Å². The number of hydrogen-bond acceptors (Lipinski definition) is 2. The summed E-state index contributed by atoms with van der Waals surface area (Å²) in [5.74, 6) is -0.935. The lowest BCUT2D eigenvalue weighted by Crippen LogP contribution is -1.92. The van der Waals surface area contributed by atoms with E-state index in [1.807, 2.05) is 0 Å². The first-order valence-electron chi connectivity index (χ1n) is 4.74. The van der Waals surface area contributed by atoms with Crippen LogP contribution < -0.4 is 10.5 Å². The van der Waals surface area contributed by atoms with E-state index >= 15 is 0 Å². The molecule has 88 valence electrons. The zero-order valence-electron chi connectivity index (χ0n) is 8.58. The van der Waals surface area contributed by atoms with Crippen molar-refractivity contribution < 1.29 is 13.5 Å². The Morgan fingerprint density at radius 2 is 1.71 bits per heavy atom. The van der Waals surface area contributed by atoms with Crippen LogP contribution in [-0.4, -0.2) is 0 Å². The molecule has 17 heavy (non-hydrogen) atoms. The van der Waals surface area contributed by atoms with Crippen molar-refractivity contribution in [3.63, 3.8) is 0 Å². The van der Waals surface area contributed by atoms with Gasteiger partial charge in [-0.1, -0.05) is 11.6 Å². The summed E-state index contributed by atoms with van der Waals surface area (Å²) in [4.78, 5) is 0.